The minimum absolute atomic E-state index is 0.143. The molecule has 0 bridgehead atoms. The predicted molar refractivity (Wildman–Crippen MR) is 67.9 cm³/mol. The van der Waals surface area contributed by atoms with Gasteiger partial charge in [0.05, 0.1) is 0 Å². The van der Waals surface area contributed by atoms with Gasteiger partial charge in [-0.05, 0) is 26.8 Å². The van der Waals surface area contributed by atoms with Gasteiger partial charge in [0.1, 0.15) is 5.69 Å². The number of carbonyl (C=O) groups is 1. The molecule has 1 heterocycles. The lowest BCUT2D eigenvalue weighted by molar-refractivity contribution is 0.0953. The van der Waals surface area contributed by atoms with Crippen molar-refractivity contribution in [3.63, 3.8) is 0 Å². The Hall–Kier alpha value is -1.91. The summed E-state index contributed by atoms with van der Waals surface area (Å²) in [5, 5.41) is 5.77. The molecule has 0 aliphatic carbocycles. The molecular formula is C12H18N4O. The maximum atomic E-state index is 11.6. The maximum absolute atomic E-state index is 11.6. The average Bonchev–Trinajstić information content (AvgIpc) is 2.24. The van der Waals surface area contributed by atoms with E-state index in [9.17, 15) is 4.79 Å². The molecule has 1 aromatic heterocycles. The van der Waals surface area contributed by atoms with Crippen molar-refractivity contribution in [1.82, 2.24) is 15.3 Å². The molecule has 0 saturated heterocycles. The van der Waals surface area contributed by atoms with E-state index in [0.717, 1.165) is 0 Å². The first-order valence-corrected chi connectivity index (χ1v) is 5.43. The van der Waals surface area contributed by atoms with E-state index < -0.39 is 0 Å². The lowest BCUT2D eigenvalue weighted by Crippen LogP contribution is -2.29. The van der Waals surface area contributed by atoms with E-state index in [4.69, 9.17) is 0 Å². The Morgan fingerprint density at radius 2 is 2.24 bits per heavy atom. The topological polar surface area (TPSA) is 66.9 Å². The van der Waals surface area contributed by atoms with Gasteiger partial charge in [-0.25, -0.2) is 9.97 Å². The molecule has 92 valence electrons. The normalized spacial score (nSPS) is 10.8. The van der Waals surface area contributed by atoms with E-state index in [2.05, 4.69) is 27.2 Å². The number of hydrogen-bond acceptors (Lipinski definition) is 4. The molecule has 0 aromatic carbocycles. The van der Waals surface area contributed by atoms with Crippen LogP contribution in [0.5, 0.6) is 0 Å². The Morgan fingerprint density at radius 1 is 1.53 bits per heavy atom. The molecule has 1 rings (SSSR count). The first-order chi connectivity index (χ1) is 7.92. The summed E-state index contributed by atoms with van der Waals surface area (Å²) < 4.78 is 0. The molecule has 5 heteroatoms. The van der Waals surface area contributed by atoms with Gasteiger partial charge < -0.3 is 10.6 Å². The molecule has 0 fully saturated rings. The summed E-state index contributed by atoms with van der Waals surface area (Å²) in [6.45, 7) is 9.96. The number of aromatic nitrogens is 2. The average molecular weight is 234 g/mol. The van der Waals surface area contributed by atoms with Gasteiger partial charge in [0.15, 0.2) is 0 Å². The molecule has 0 saturated carbocycles. The molecule has 0 unspecified atom stereocenters. The standard InChI is InChI=1S/C12H18N4O/c1-5-7-13-10(17)9-6-8-14-11(15-9)16-12(2,3)4/h5-6,8H,1,7H2,2-4H3,(H,13,17)(H,14,15,16). The van der Waals surface area contributed by atoms with Gasteiger partial charge in [-0.3, -0.25) is 4.79 Å². The largest absolute Gasteiger partial charge is 0.350 e. The number of rotatable bonds is 4. The molecule has 1 amide bonds. The summed E-state index contributed by atoms with van der Waals surface area (Å²) in [6, 6.07) is 1.58. The highest BCUT2D eigenvalue weighted by Gasteiger charge is 2.13. The minimum Gasteiger partial charge on any atom is -0.350 e. The lowest BCUT2D eigenvalue weighted by Gasteiger charge is -2.20. The van der Waals surface area contributed by atoms with E-state index in [0.29, 0.717) is 18.2 Å². The molecule has 0 aliphatic heterocycles. The minimum atomic E-state index is -0.232. The van der Waals surface area contributed by atoms with Crippen LogP contribution in [0.25, 0.3) is 0 Å². The van der Waals surface area contributed by atoms with E-state index in [1.165, 1.54) is 0 Å². The summed E-state index contributed by atoms with van der Waals surface area (Å²) in [6.07, 6.45) is 3.18. The second kappa shape index (κ2) is 5.43. The van der Waals surface area contributed by atoms with E-state index in [-0.39, 0.29) is 11.4 Å². The molecule has 2 N–H and O–H groups in total. The van der Waals surface area contributed by atoms with Crippen LogP contribution in [-0.4, -0.2) is 28.0 Å². The zero-order valence-corrected chi connectivity index (χ0v) is 10.4. The summed E-state index contributed by atoms with van der Waals surface area (Å²) in [4.78, 5) is 19.9. The van der Waals surface area contributed by atoms with Crippen LogP contribution in [0.1, 0.15) is 31.3 Å². The highest BCUT2D eigenvalue weighted by Crippen LogP contribution is 2.09. The summed E-state index contributed by atoms with van der Waals surface area (Å²) in [5.41, 5.74) is 0.199. The molecule has 5 nitrogen and oxygen atoms in total. The van der Waals surface area contributed by atoms with Crippen molar-refractivity contribution < 1.29 is 4.79 Å². The second-order valence-electron chi connectivity index (χ2n) is 4.64. The molecule has 0 aliphatic rings. The zero-order valence-electron chi connectivity index (χ0n) is 10.4. The fraction of sp³-hybridized carbons (Fsp3) is 0.417. The Labute approximate surface area is 101 Å². The third-order valence-corrected chi connectivity index (χ3v) is 1.78. The van der Waals surface area contributed by atoms with Gasteiger partial charge >= 0.3 is 0 Å². The zero-order chi connectivity index (χ0) is 12.9. The fourth-order valence-corrected chi connectivity index (χ4v) is 1.14. The van der Waals surface area contributed by atoms with Crippen LogP contribution in [0.15, 0.2) is 24.9 Å². The van der Waals surface area contributed by atoms with Gasteiger partial charge in [-0.2, -0.15) is 0 Å². The third-order valence-electron chi connectivity index (χ3n) is 1.78. The molecular weight excluding hydrogens is 216 g/mol. The Kier molecular flexibility index (Phi) is 4.20. The lowest BCUT2D eigenvalue weighted by atomic mass is 10.1. The number of nitrogens with one attached hydrogen (secondary N) is 2. The summed E-state index contributed by atoms with van der Waals surface area (Å²) in [7, 11) is 0. The van der Waals surface area contributed by atoms with Crippen molar-refractivity contribution in [3.8, 4) is 0 Å². The Balaban J connectivity index is 2.78. The van der Waals surface area contributed by atoms with Crippen LogP contribution < -0.4 is 10.6 Å². The highest BCUT2D eigenvalue weighted by atomic mass is 16.1. The Bertz CT molecular complexity index is 409. The van der Waals surface area contributed by atoms with Gasteiger partial charge in [0.25, 0.3) is 5.91 Å². The molecule has 0 atom stereocenters. The van der Waals surface area contributed by atoms with Crippen molar-refractivity contribution in [2.24, 2.45) is 0 Å². The molecule has 0 radical (unpaired) electrons. The number of nitrogens with zero attached hydrogens (tertiary/aromatic N) is 2. The molecule has 1 aromatic rings. The van der Waals surface area contributed by atoms with E-state index >= 15 is 0 Å². The van der Waals surface area contributed by atoms with Crippen molar-refractivity contribution >= 4 is 11.9 Å². The van der Waals surface area contributed by atoms with Crippen LogP contribution in [0.4, 0.5) is 5.95 Å². The molecule has 17 heavy (non-hydrogen) atoms. The van der Waals surface area contributed by atoms with Crippen molar-refractivity contribution in [1.29, 1.82) is 0 Å². The highest BCUT2D eigenvalue weighted by molar-refractivity contribution is 5.92. The maximum Gasteiger partial charge on any atom is 0.270 e. The first-order valence-electron chi connectivity index (χ1n) is 5.43. The summed E-state index contributed by atoms with van der Waals surface area (Å²) in [5.74, 6) is 0.216. The quantitative estimate of drug-likeness (QED) is 0.777. The van der Waals surface area contributed by atoms with Crippen molar-refractivity contribution in [2.75, 3.05) is 11.9 Å². The SMILES string of the molecule is C=CCNC(=O)c1ccnc(NC(C)(C)C)n1. The fourth-order valence-electron chi connectivity index (χ4n) is 1.14. The van der Waals surface area contributed by atoms with Gasteiger partial charge in [-0.15, -0.1) is 6.58 Å². The van der Waals surface area contributed by atoms with Crippen LogP contribution in [0.3, 0.4) is 0 Å². The van der Waals surface area contributed by atoms with Crippen molar-refractivity contribution in [3.05, 3.63) is 30.6 Å². The summed E-state index contributed by atoms with van der Waals surface area (Å²) >= 11 is 0. The van der Waals surface area contributed by atoms with E-state index in [1.54, 1.807) is 18.3 Å². The first kappa shape index (κ1) is 13.2. The van der Waals surface area contributed by atoms with Gasteiger partial charge in [0.2, 0.25) is 5.95 Å². The second-order valence-corrected chi connectivity index (χ2v) is 4.64. The third kappa shape index (κ3) is 4.63. The van der Waals surface area contributed by atoms with E-state index in [1.807, 2.05) is 20.8 Å². The van der Waals surface area contributed by atoms with Gasteiger partial charge in [0, 0.05) is 18.3 Å². The smallest absolute Gasteiger partial charge is 0.270 e. The number of anilines is 1. The van der Waals surface area contributed by atoms with Gasteiger partial charge in [-0.1, -0.05) is 6.08 Å². The monoisotopic (exact) mass is 234 g/mol. The predicted octanol–water partition coefficient (Wildman–Crippen LogP) is 1.60. The number of amides is 1. The molecule has 0 spiro atoms. The van der Waals surface area contributed by atoms with Crippen LogP contribution in [0.2, 0.25) is 0 Å². The van der Waals surface area contributed by atoms with Crippen LogP contribution >= 0.6 is 0 Å². The van der Waals surface area contributed by atoms with Crippen LogP contribution in [0, 0.1) is 0 Å². The number of carbonyl (C=O) groups excluding carboxylic acids is 1. The van der Waals surface area contributed by atoms with Crippen LogP contribution in [-0.2, 0) is 0 Å². The van der Waals surface area contributed by atoms with Crippen molar-refractivity contribution in [2.45, 2.75) is 26.3 Å². The number of hydrogen-bond donors (Lipinski definition) is 2. The Morgan fingerprint density at radius 3 is 2.82 bits per heavy atom.